The maximum absolute atomic E-state index is 12.6. The monoisotopic (exact) mass is 354 g/mol. The van der Waals surface area contributed by atoms with Crippen LogP contribution in [0.3, 0.4) is 0 Å². The molecular weight excluding hydrogens is 336 g/mol. The Hall–Kier alpha value is -3.42. The number of non-ortho nitro benzene ring substituents is 1. The number of nitrogens with zero attached hydrogens (tertiary/aromatic N) is 3. The summed E-state index contributed by atoms with van der Waals surface area (Å²) < 4.78 is 7.02. The summed E-state index contributed by atoms with van der Waals surface area (Å²) in [6, 6.07) is 11.7. The molecule has 0 fully saturated rings. The van der Waals surface area contributed by atoms with Crippen LogP contribution in [0.2, 0.25) is 0 Å². The molecule has 1 aromatic heterocycles. The minimum atomic E-state index is -0.520. The third-order valence-electron chi connectivity index (χ3n) is 4.02. The number of amides is 1. The zero-order chi connectivity index (χ0) is 18.7. The van der Waals surface area contributed by atoms with Crippen molar-refractivity contribution < 1.29 is 14.5 Å². The van der Waals surface area contributed by atoms with E-state index >= 15 is 0 Å². The van der Waals surface area contributed by atoms with E-state index in [0.29, 0.717) is 12.2 Å². The predicted octanol–water partition coefficient (Wildman–Crippen LogP) is 3.15. The van der Waals surface area contributed by atoms with Crippen LogP contribution in [0.1, 0.15) is 12.7 Å². The van der Waals surface area contributed by atoms with Crippen LogP contribution < -0.4 is 10.1 Å². The number of carbonyl (C=O) groups excluding carboxylic acids is 1. The van der Waals surface area contributed by atoms with Gasteiger partial charge >= 0.3 is 0 Å². The number of hydrogen-bond acceptors (Lipinski definition) is 5. The lowest BCUT2D eigenvalue weighted by Crippen LogP contribution is -2.20. The van der Waals surface area contributed by atoms with E-state index in [1.807, 2.05) is 35.8 Å². The molecule has 2 aromatic carbocycles. The first kappa shape index (κ1) is 17.4. The third kappa shape index (κ3) is 3.34. The Morgan fingerprint density at radius 3 is 2.77 bits per heavy atom. The molecule has 0 saturated heterocycles. The normalized spacial score (nSPS) is 10.7. The van der Waals surface area contributed by atoms with Crippen LogP contribution >= 0.6 is 0 Å². The first-order valence-electron chi connectivity index (χ1n) is 8.10. The number of hydrogen-bond donors (Lipinski definition) is 1. The number of nitro benzene ring substituents is 1. The van der Waals surface area contributed by atoms with Gasteiger partial charge in [0, 0.05) is 18.6 Å². The average Bonchev–Trinajstić information content (AvgIpc) is 2.99. The maximum Gasteiger partial charge on any atom is 0.271 e. The quantitative estimate of drug-likeness (QED) is 0.541. The van der Waals surface area contributed by atoms with E-state index in [4.69, 9.17) is 4.74 Å². The molecule has 134 valence electrons. The molecule has 8 heteroatoms. The average molecular weight is 354 g/mol. The Morgan fingerprint density at radius 1 is 1.31 bits per heavy atom. The highest BCUT2D eigenvalue weighted by Gasteiger charge is 2.16. The zero-order valence-electron chi connectivity index (χ0n) is 14.4. The molecule has 26 heavy (non-hydrogen) atoms. The topological polar surface area (TPSA) is 99.3 Å². The van der Waals surface area contributed by atoms with Gasteiger partial charge in [-0.05, 0) is 18.2 Å². The fraction of sp³-hybridized carbons (Fsp3) is 0.222. The summed E-state index contributed by atoms with van der Waals surface area (Å²) in [6.07, 6.45) is 0.683. The molecular formula is C18H18N4O4. The van der Waals surface area contributed by atoms with Crippen molar-refractivity contribution in [3.63, 3.8) is 0 Å². The van der Waals surface area contributed by atoms with E-state index in [1.165, 1.54) is 25.3 Å². The molecule has 0 atom stereocenters. The highest BCUT2D eigenvalue weighted by atomic mass is 16.6. The van der Waals surface area contributed by atoms with Crippen molar-refractivity contribution in [2.75, 3.05) is 12.4 Å². The van der Waals surface area contributed by atoms with Crippen LogP contribution in [0, 0.1) is 10.1 Å². The Morgan fingerprint density at radius 2 is 2.08 bits per heavy atom. The van der Waals surface area contributed by atoms with Crippen molar-refractivity contribution in [1.29, 1.82) is 0 Å². The Labute approximate surface area is 149 Å². The van der Waals surface area contributed by atoms with E-state index < -0.39 is 4.92 Å². The van der Waals surface area contributed by atoms with Gasteiger partial charge in [0.1, 0.15) is 18.1 Å². The number of rotatable bonds is 6. The van der Waals surface area contributed by atoms with Crippen molar-refractivity contribution >= 4 is 28.3 Å². The van der Waals surface area contributed by atoms with Crippen molar-refractivity contribution in [3.8, 4) is 5.75 Å². The Balaban J connectivity index is 1.88. The second-order valence-corrected chi connectivity index (χ2v) is 5.65. The van der Waals surface area contributed by atoms with Crippen LogP contribution in [0.15, 0.2) is 42.5 Å². The van der Waals surface area contributed by atoms with Gasteiger partial charge in [-0.25, -0.2) is 4.98 Å². The smallest absolute Gasteiger partial charge is 0.271 e. The van der Waals surface area contributed by atoms with Crippen molar-refractivity contribution in [1.82, 2.24) is 9.55 Å². The first-order chi connectivity index (χ1) is 12.5. The van der Waals surface area contributed by atoms with Crippen molar-refractivity contribution in [3.05, 3.63) is 58.4 Å². The van der Waals surface area contributed by atoms with E-state index in [-0.39, 0.29) is 23.8 Å². The summed E-state index contributed by atoms with van der Waals surface area (Å²) in [6.45, 7) is 2.02. The van der Waals surface area contributed by atoms with Gasteiger partial charge in [-0.1, -0.05) is 19.1 Å². The van der Waals surface area contributed by atoms with Crippen LogP contribution in [0.25, 0.3) is 11.0 Å². The number of imidazole rings is 1. The molecule has 8 nitrogen and oxygen atoms in total. The highest BCUT2D eigenvalue weighted by Crippen LogP contribution is 2.29. The first-order valence-corrected chi connectivity index (χ1v) is 8.10. The van der Waals surface area contributed by atoms with E-state index in [0.717, 1.165) is 16.9 Å². The second kappa shape index (κ2) is 7.22. The van der Waals surface area contributed by atoms with Crippen molar-refractivity contribution in [2.24, 2.45) is 0 Å². The highest BCUT2D eigenvalue weighted by molar-refractivity contribution is 5.93. The van der Waals surface area contributed by atoms with E-state index in [1.54, 1.807) is 0 Å². The molecule has 3 rings (SSSR count). The van der Waals surface area contributed by atoms with E-state index in [9.17, 15) is 14.9 Å². The van der Waals surface area contributed by atoms with Gasteiger partial charge in [0.15, 0.2) is 0 Å². The van der Waals surface area contributed by atoms with Gasteiger partial charge in [-0.15, -0.1) is 0 Å². The molecule has 1 N–H and O–H groups in total. The van der Waals surface area contributed by atoms with E-state index in [2.05, 4.69) is 10.3 Å². The minimum absolute atomic E-state index is 0.0511. The molecule has 0 bridgehead atoms. The lowest BCUT2D eigenvalue weighted by molar-refractivity contribution is -0.384. The largest absolute Gasteiger partial charge is 0.495 e. The molecule has 0 aliphatic rings. The molecule has 0 radical (unpaired) electrons. The molecule has 0 aliphatic carbocycles. The molecule has 1 amide bonds. The van der Waals surface area contributed by atoms with Gasteiger partial charge in [-0.2, -0.15) is 0 Å². The molecule has 3 aromatic rings. The maximum atomic E-state index is 12.6. The molecule has 0 spiro atoms. The number of nitro groups is 1. The summed E-state index contributed by atoms with van der Waals surface area (Å²) in [4.78, 5) is 27.5. The van der Waals surface area contributed by atoms with Gasteiger partial charge < -0.3 is 14.6 Å². The molecule has 0 aliphatic heterocycles. The lowest BCUT2D eigenvalue weighted by atomic mass is 10.2. The van der Waals surface area contributed by atoms with Gasteiger partial charge in [0.05, 0.1) is 28.8 Å². The van der Waals surface area contributed by atoms with Gasteiger partial charge in [-0.3, -0.25) is 14.9 Å². The standard InChI is InChI=1S/C18H18N4O4/c1-3-17-19-13-6-4-5-7-15(13)21(17)11-18(23)20-14-10-12(22(24)25)8-9-16(14)26-2/h4-10H,3,11H2,1-2H3,(H,20,23). The number of aromatic nitrogens is 2. The van der Waals surface area contributed by atoms with Crippen LogP contribution in [-0.4, -0.2) is 27.5 Å². The number of para-hydroxylation sites is 2. The van der Waals surface area contributed by atoms with Crippen molar-refractivity contribution in [2.45, 2.75) is 19.9 Å². The number of nitrogens with one attached hydrogen (secondary N) is 1. The Bertz CT molecular complexity index is 980. The summed E-state index contributed by atoms with van der Waals surface area (Å²) in [5.41, 5.74) is 1.83. The summed E-state index contributed by atoms with van der Waals surface area (Å²) in [7, 11) is 1.44. The predicted molar refractivity (Wildman–Crippen MR) is 97.4 cm³/mol. The van der Waals surface area contributed by atoms with Gasteiger partial charge in [0.25, 0.3) is 5.69 Å². The lowest BCUT2D eigenvalue weighted by Gasteiger charge is -2.12. The van der Waals surface area contributed by atoms with Gasteiger partial charge in [0.2, 0.25) is 5.91 Å². The zero-order valence-corrected chi connectivity index (χ0v) is 14.4. The van der Waals surface area contributed by atoms with Crippen LogP contribution in [0.5, 0.6) is 5.75 Å². The number of anilines is 1. The number of aryl methyl sites for hydroxylation is 1. The second-order valence-electron chi connectivity index (χ2n) is 5.65. The fourth-order valence-corrected chi connectivity index (χ4v) is 2.81. The summed E-state index contributed by atoms with van der Waals surface area (Å²) in [5, 5.41) is 13.7. The molecule has 0 unspecified atom stereocenters. The molecule has 0 saturated carbocycles. The van der Waals surface area contributed by atoms with Crippen LogP contribution in [-0.2, 0) is 17.8 Å². The molecule has 1 heterocycles. The summed E-state index contributed by atoms with van der Waals surface area (Å²) >= 11 is 0. The Kier molecular flexibility index (Phi) is 4.83. The third-order valence-corrected chi connectivity index (χ3v) is 4.02. The number of benzene rings is 2. The fourth-order valence-electron chi connectivity index (χ4n) is 2.81. The minimum Gasteiger partial charge on any atom is -0.495 e. The summed E-state index contributed by atoms with van der Waals surface area (Å²) in [5.74, 6) is 0.837. The number of fused-ring (bicyclic) bond motifs is 1. The number of ether oxygens (including phenoxy) is 1. The number of methoxy groups -OCH3 is 1. The van der Waals surface area contributed by atoms with Crippen LogP contribution in [0.4, 0.5) is 11.4 Å². The SMILES string of the molecule is CCc1nc2ccccc2n1CC(=O)Nc1cc([N+](=O)[O-])ccc1OC. The number of carbonyl (C=O) groups is 1.